The predicted molar refractivity (Wildman–Crippen MR) is 50.6 cm³/mol. The van der Waals surface area contributed by atoms with Gasteiger partial charge in [0.2, 0.25) is 0 Å². The van der Waals surface area contributed by atoms with Crippen LogP contribution in [0.4, 0.5) is 0 Å². The molecule has 0 fully saturated rings. The zero-order chi connectivity index (χ0) is 8.97. The van der Waals surface area contributed by atoms with Crippen LogP contribution >= 0.6 is 15.9 Å². The molecule has 0 radical (unpaired) electrons. The SMILES string of the molecule is CCOc1nc(C)cc(CBr)n1. The molecule has 1 heterocycles. The molecule has 0 atom stereocenters. The predicted octanol–water partition coefficient (Wildman–Crippen LogP) is 2.08. The van der Waals surface area contributed by atoms with Crippen molar-refractivity contribution in [1.29, 1.82) is 0 Å². The van der Waals surface area contributed by atoms with Crippen LogP contribution in [0.1, 0.15) is 18.3 Å². The number of aryl methyl sites for hydroxylation is 1. The quantitative estimate of drug-likeness (QED) is 0.747. The fourth-order valence-corrected chi connectivity index (χ4v) is 1.15. The number of aromatic nitrogens is 2. The summed E-state index contributed by atoms with van der Waals surface area (Å²) in [6.45, 7) is 4.45. The van der Waals surface area contributed by atoms with Gasteiger partial charge in [-0.05, 0) is 19.9 Å². The van der Waals surface area contributed by atoms with Crippen LogP contribution in [-0.4, -0.2) is 16.6 Å². The molecule has 0 aliphatic rings. The van der Waals surface area contributed by atoms with Crippen LogP contribution in [0.5, 0.6) is 6.01 Å². The topological polar surface area (TPSA) is 35.0 Å². The average molecular weight is 231 g/mol. The zero-order valence-electron chi connectivity index (χ0n) is 7.17. The average Bonchev–Trinajstić information content (AvgIpc) is 2.04. The Morgan fingerprint density at radius 2 is 2.25 bits per heavy atom. The Morgan fingerprint density at radius 3 is 2.83 bits per heavy atom. The molecular formula is C8H11BrN2O. The Kier molecular flexibility index (Phi) is 3.47. The van der Waals surface area contributed by atoms with E-state index in [2.05, 4.69) is 25.9 Å². The van der Waals surface area contributed by atoms with Crippen LogP contribution in [0.2, 0.25) is 0 Å². The van der Waals surface area contributed by atoms with Gasteiger partial charge in [0.15, 0.2) is 0 Å². The van der Waals surface area contributed by atoms with Gasteiger partial charge in [-0.1, -0.05) is 15.9 Å². The van der Waals surface area contributed by atoms with Crippen molar-refractivity contribution in [2.45, 2.75) is 19.2 Å². The van der Waals surface area contributed by atoms with E-state index in [0.717, 1.165) is 16.7 Å². The Labute approximate surface area is 80.3 Å². The second kappa shape index (κ2) is 4.40. The lowest BCUT2D eigenvalue weighted by Crippen LogP contribution is -2.00. The fourth-order valence-electron chi connectivity index (χ4n) is 0.866. The Bertz CT molecular complexity index is 265. The van der Waals surface area contributed by atoms with Crippen molar-refractivity contribution in [1.82, 2.24) is 9.97 Å². The van der Waals surface area contributed by atoms with Crippen LogP contribution in [0, 0.1) is 6.92 Å². The van der Waals surface area contributed by atoms with E-state index in [1.54, 1.807) is 0 Å². The van der Waals surface area contributed by atoms with Crippen LogP contribution in [0.3, 0.4) is 0 Å². The first-order valence-corrected chi connectivity index (χ1v) is 4.91. The molecule has 0 aromatic carbocycles. The summed E-state index contributed by atoms with van der Waals surface area (Å²) in [6.07, 6.45) is 0. The van der Waals surface area contributed by atoms with E-state index in [4.69, 9.17) is 4.74 Å². The summed E-state index contributed by atoms with van der Waals surface area (Å²) in [6, 6.07) is 2.39. The van der Waals surface area contributed by atoms with E-state index in [-0.39, 0.29) is 0 Å². The number of alkyl halides is 1. The van der Waals surface area contributed by atoms with Gasteiger partial charge in [0.25, 0.3) is 0 Å². The van der Waals surface area contributed by atoms with Crippen molar-refractivity contribution in [3.63, 3.8) is 0 Å². The lowest BCUT2D eigenvalue weighted by molar-refractivity contribution is 0.311. The van der Waals surface area contributed by atoms with Crippen molar-refractivity contribution < 1.29 is 4.74 Å². The van der Waals surface area contributed by atoms with Crippen molar-refractivity contribution >= 4 is 15.9 Å². The van der Waals surface area contributed by atoms with Crippen LogP contribution in [0.15, 0.2) is 6.07 Å². The minimum atomic E-state index is 0.465. The van der Waals surface area contributed by atoms with E-state index in [1.165, 1.54) is 0 Å². The lowest BCUT2D eigenvalue weighted by Gasteiger charge is -2.03. The molecule has 0 N–H and O–H groups in total. The Balaban J connectivity index is 2.90. The number of halogens is 1. The first kappa shape index (κ1) is 9.45. The molecule has 4 heteroatoms. The Morgan fingerprint density at radius 1 is 1.50 bits per heavy atom. The number of nitrogens with zero attached hydrogens (tertiary/aromatic N) is 2. The van der Waals surface area contributed by atoms with Gasteiger partial charge in [0.05, 0.1) is 12.3 Å². The maximum atomic E-state index is 5.19. The molecule has 0 spiro atoms. The first-order chi connectivity index (χ1) is 5.76. The molecule has 0 bridgehead atoms. The number of ether oxygens (including phenoxy) is 1. The summed E-state index contributed by atoms with van der Waals surface area (Å²) in [7, 11) is 0. The fraction of sp³-hybridized carbons (Fsp3) is 0.500. The smallest absolute Gasteiger partial charge is 0.316 e. The molecule has 1 aromatic heterocycles. The third-order valence-corrected chi connectivity index (χ3v) is 1.87. The highest BCUT2D eigenvalue weighted by atomic mass is 79.9. The van der Waals surface area contributed by atoms with Gasteiger partial charge < -0.3 is 4.74 Å². The highest BCUT2D eigenvalue weighted by molar-refractivity contribution is 9.08. The summed E-state index contributed by atoms with van der Waals surface area (Å²) in [5.74, 6) is 0. The first-order valence-electron chi connectivity index (χ1n) is 3.79. The van der Waals surface area contributed by atoms with Gasteiger partial charge >= 0.3 is 6.01 Å². The summed E-state index contributed by atoms with van der Waals surface area (Å²) >= 11 is 3.33. The largest absolute Gasteiger partial charge is 0.464 e. The monoisotopic (exact) mass is 230 g/mol. The third kappa shape index (κ3) is 2.44. The van der Waals surface area contributed by atoms with Gasteiger partial charge in [-0.3, -0.25) is 0 Å². The maximum Gasteiger partial charge on any atom is 0.316 e. The standard InChI is InChI=1S/C8H11BrN2O/c1-3-12-8-10-6(2)4-7(5-9)11-8/h4H,3,5H2,1-2H3. The van der Waals surface area contributed by atoms with Crippen LogP contribution in [-0.2, 0) is 5.33 Å². The van der Waals surface area contributed by atoms with Gasteiger partial charge in [-0.2, -0.15) is 4.98 Å². The normalized spacial score (nSPS) is 9.92. The summed E-state index contributed by atoms with van der Waals surface area (Å²) < 4.78 is 5.19. The van der Waals surface area contributed by atoms with Gasteiger partial charge in [-0.25, -0.2) is 4.98 Å². The van der Waals surface area contributed by atoms with Gasteiger partial charge in [0, 0.05) is 11.0 Å². The molecule has 12 heavy (non-hydrogen) atoms. The lowest BCUT2D eigenvalue weighted by atomic mass is 10.4. The molecular weight excluding hydrogens is 220 g/mol. The molecule has 1 aromatic rings. The molecule has 0 aliphatic heterocycles. The molecule has 0 saturated carbocycles. The van der Waals surface area contributed by atoms with Crippen molar-refractivity contribution in [2.75, 3.05) is 6.61 Å². The summed E-state index contributed by atoms with van der Waals surface area (Å²) in [4.78, 5) is 8.28. The van der Waals surface area contributed by atoms with E-state index in [9.17, 15) is 0 Å². The second-order valence-corrected chi connectivity index (χ2v) is 2.91. The molecule has 0 saturated heterocycles. The molecule has 0 unspecified atom stereocenters. The van der Waals surface area contributed by atoms with Gasteiger partial charge in [-0.15, -0.1) is 0 Å². The highest BCUT2D eigenvalue weighted by Crippen LogP contribution is 2.09. The third-order valence-electron chi connectivity index (χ3n) is 1.30. The second-order valence-electron chi connectivity index (χ2n) is 2.35. The number of rotatable bonds is 3. The van der Waals surface area contributed by atoms with Crippen LogP contribution in [0.25, 0.3) is 0 Å². The zero-order valence-corrected chi connectivity index (χ0v) is 8.76. The van der Waals surface area contributed by atoms with E-state index in [1.807, 2.05) is 19.9 Å². The highest BCUT2D eigenvalue weighted by Gasteiger charge is 2.00. The molecule has 0 aliphatic carbocycles. The van der Waals surface area contributed by atoms with Gasteiger partial charge in [0.1, 0.15) is 0 Å². The molecule has 66 valence electrons. The maximum absolute atomic E-state index is 5.19. The number of hydrogen-bond acceptors (Lipinski definition) is 3. The van der Waals surface area contributed by atoms with Crippen molar-refractivity contribution in [2.24, 2.45) is 0 Å². The number of hydrogen-bond donors (Lipinski definition) is 0. The Hall–Kier alpha value is -0.640. The van der Waals surface area contributed by atoms with Crippen LogP contribution < -0.4 is 4.74 Å². The minimum Gasteiger partial charge on any atom is -0.464 e. The summed E-state index contributed by atoms with van der Waals surface area (Å²) in [5.41, 5.74) is 1.88. The van der Waals surface area contributed by atoms with E-state index >= 15 is 0 Å². The van der Waals surface area contributed by atoms with Crippen molar-refractivity contribution in [3.8, 4) is 6.01 Å². The molecule has 1 rings (SSSR count). The van der Waals surface area contributed by atoms with Crippen molar-refractivity contribution in [3.05, 3.63) is 17.5 Å². The van der Waals surface area contributed by atoms with E-state index in [0.29, 0.717) is 12.6 Å². The minimum absolute atomic E-state index is 0.465. The van der Waals surface area contributed by atoms with E-state index < -0.39 is 0 Å². The summed E-state index contributed by atoms with van der Waals surface area (Å²) in [5, 5.41) is 0.733. The molecule has 0 amide bonds. The molecule has 3 nitrogen and oxygen atoms in total.